The zero-order valence-electron chi connectivity index (χ0n) is 16.9. The molecule has 152 valence electrons. The number of nitrogens with zero attached hydrogens (tertiary/aromatic N) is 1. The monoisotopic (exact) mass is 416 g/mol. The number of carbonyl (C=O) groups excluding carboxylic acids is 1. The Bertz CT molecular complexity index is 1070. The molecule has 3 aromatic carbocycles. The average molecular weight is 417 g/mol. The highest BCUT2D eigenvalue weighted by atomic mass is 32.1. The van der Waals surface area contributed by atoms with E-state index in [9.17, 15) is 4.79 Å². The molecule has 0 saturated heterocycles. The van der Waals surface area contributed by atoms with Gasteiger partial charge in [-0.25, -0.2) is 4.98 Å². The van der Waals surface area contributed by atoms with E-state index in [1.807, 2.05) is 67.6 Å². The number of benzene rings is 3. The van der Waals surface area contributed by atoms with Gasteiger partial charge in [0.15, 0.2) is 6.61 Å². The van der Waals surface area contributed by atoms with E-state index < -0.39 is 0 Å². The maximum atomic E-state index is 12.2. The molecular weight excluding hydrogens is 392 g/mol. The van der Waals surface area contributed by atoms with Crippen molar-refractivity contribution in [2.45, 2.75) is 25.8 Å². The fraction of sp³-hybridized carbons (Fsp3) is 0.200. The van der Waals surface area contributed by atoms with Crippen molar-refractivity contribution < 1.29 is 9.53 Å². The molecule has 0 unspecified atom stereocenters. The molecule has 0 bridgehead atoms. The van der Waals surface area contributed by atoms with Gasteiger partial charge < -0.3 is 10.1 Å². The molecule has 4 aromatic rings. The first-order valence-corrected chi connectivity index (χ1v) is 10.9. The Morgan fingerprint density at radius 3 is 2.50 bits per heavy atom. The molecule has 1 N–H and O–H groups in total. The second-order valence-electron chi connectivity index (χ2n) is 7.29. The van der Waals surface area contributed by atoms with Crippen molar-refractivity contribution in [1.29, 1.82) is 0 Å². The van der Waals surface area contributed by atoms with Gasteiger partial charge in [-0.3, -0.25) is 4.79 Å². The van der Waals surface area contributed by atoms with Gasteiger partial charge in [0.2, 0.25) is 0 Å². The molecule has 0 aliphatic heterocycles. The summed E-state index contributed by atoms with van der Waals surface area (Å²) in [7, 11) is 0. The number of para-hydroxylation sites is 1. The van der Waals surface area contributed by atoms with Crippen molar-refractivity contribution in [2.24, 2.45) is 0 Å². The third-order valence-electron chi connectivity index (χ3n) is 4.88. The van der Waals surface area contributed by atoms with Gasteiger partial charge in [0.05, 0.1) is 10.2 Å². The smallest absolute Gasteiger partial charge is 0.258 e. The molecule has 1 atom stereocenters. The Kier molecular flexibility index (Phi) is 6.40. The lowest BCUT2D eigenvalue weighted by molar-refractivity contribution is -0.123. The molecule has 1 amide bonds. The first kappa shape index (κ1) is 20.1. The van der Waals surface area contributed by atoms with Crippen molar-refractivity contribution in [3.05, 3.63) is 84.4 Å². The summed E-state index contributed by atoms with van der Waals surface area (Å²) in [6.07, 6.45) is 1.84. The Labute approximate surface area is 180 Å². The van der Waals surface area contributed by atoms with Crippen molar-refractivity contribution in [3.63, 3.8) is 0 Å². The summed E-state index contributed by atoms with van der Waals surface area (Å²) >= 11 is 1.67. The quantitative estimate of drug-likeness (QED) is 0.414. The zero-order valence-corrected chi connectivity index (χ0v) is 17.7. The lowest BCUT2D eigenvalue weighted by atomic mass is 10.1. The van der Waals surface area contributed by atoms with Gasteiger partial charge in [-0.1, -0.05) is 42.5 Å². The fourth-order valence-electron chi connectivity index (χ4n) is 3.25. The number of ether oxygens (including phenoxy) is 1. The van der Waals surface area contributed by atoms with Gasteiger partial charge in [-0.15, -0.1) is 11.3 Å². The molecule has 1 heterocycles. The first-order chi connectivity index (χ1) is 14.7. The number of hydrogen-bond acceptors (Lipinski definition) is 4. The normalized spacial score (nSPS) is 11.9. The van der Waals surface area contributed by atoms with Gasteiger partial charge in [0.25, 0.3) is 5.91 Å². The first-order valence-electron chi connectivity index (χ1n) is 10.1. The predicted molar refractivity (Wildman–Crippen MR) is 123 cm³/mol. The summed E-state index contributed by atoms with van der Waals surface area (Å²) < 4.78 is 6.82. The van der Waals surface area contributed by atoms with E-state index in [4.69, 9.17) is 4.74 Å². The number of rotatable bonds is 8. The molecule has 0 fully saturated rings. The van der Waals surface area contributed by atoms with Gasteiger partial charge in [0.1, 0.15) is 10.8 Å². The Morgan fingerprint density at radius 2 is 1.73 bits per heavy atom. The number of aryl methyl sites for hydroxylation is 1. The summed E-state index contributed by atoms with van der Waals surface area (Å²) in [5.74, 6) is 0.567. The van der Waals surface area contributed by atoms with Crippen LogP contribution >= 0.6 is 11.3 Å². The van der Waals surface area contributed by atoms with E-state index >= 15 is 0 Å². The molecule has 0 radical (unpaired) electrons. The minimum atomic E-state index is -0.106. The number of fused-ring (bicyclic) bond motifs is 1. The third-order valence-corrected chi connectivity index (χ3v) is 5.97. The van der Waals surface area contributed by atoms with Crippen LogP contribution in [0.5, 0.6) is 5.75 Å². The molecule has 4 rings (SSSR count). The van der Waals surface area contributed by atoms with Gasteiger partial charge in [-0.05, 0) is 61.7 Å². The third kappa shape index (κ3) is 5.24. The Hall–Kier alpha value is -3.18. The Morgan fingerprint density at radius 1 is 1.00 bits per heavy atom. The van der Waals surface area contributed by atoms with E-state index in [0.29, 0.717) is 5.75 Å². The van der Waals surface area contributed by atoms with Crippen LogP contribution in [0.3, 0.4) is 0 Å². The van der Waals surface area contributed by atoms with Crippen LogP contribution in [-0.4, -0.2) is 23.5 Å². The van der Waals surface area contributed by atoms with E-state index in [2.05, 4.69) is 28.5 Å². The van der Waals surface area contributed by atoms with Crippen molar-refractivity contribution >= 4 is 27.5 Å². The second kappa shape index (κ2) is 9.55. The summed E-state index contributed by atoms with van der Waals surface area (Å²) in [5, 5.41) is 3.98. The molecule has 5 heteroatoms. The molecule has 1 aromatic heterocycles. The second-order valence-corrected chi connectivity index (χ2v) is 8.32. The van der Waals surface area contributed by atoms with Gasteiger partial charge in [0, 0.05) is 11.6 Å². The maximum Gasteiger partial charge on any atom is 0.258 e. The van der Waals surface area contributed by atoms with Crippen LogP contribution in [0.4, 0.5) is 0 Å². The molecule has 30 heavy (non-hydrogen) atoms. The number of nitrogens with one attached hydrogen (secondary N) is 1. The van der Waals surface area contributed by atoms with E-state index in [-0.39, 0.29) is 18.6 Å². The number of amides is 1. The molecule has 4 nitrogen and oxygen atoms in total. The Balaban J connectivity index is 1.25. The summed E-state index contributed by atoms with van der Waals surface area (Å²) in [4.78, 5) is 16.9. The molecule has 0 spiro atoms. The molecular formula is C25H24N2O2S. The van der Waals surface area contributed by atoms with Gasteiger partial charge >= 0.3 is 0 Å². The highest BCUT2D eigenvalue weighted by molar-refractivity contribution is 7.21. The summed E-state index contributed by atoms with van der Waals surface area (Å²) in [5.41, 5.74) is 3.33. The van der Waals surface area contributed by atoms with Crippen LogP contribution in [-0.2, 0) is 11.2 Å². The number of thiazole rings is 1. The van der Waals surface area contributed by atoms with Crippen molar-refractivity contribution in [1.82, 2.24) is 10.3 Å². The SMILES string of the molecule is C[C@@H](CCc1ccccc1)NC(=O)COc1ccc(-c2nc3ccccc3s2)cc1. The summed E-state index contributed by atoms with van der Waals surface area (Å²) in [6, 6.07) is 26.2. The fourth-order valence-corrected chi connectivity index (χ4v) is 4.23. The van der Waals surface area contributed by atoms with Crippen LogP contribution in [0.1, 0.15) is 18.9 Å². The largest absolute Gasteiger partial charge is 0.484 e. The maximum absolute atomic E-state index is 12.2. The van der Waals surface area contributed by atoms with Crippen molar-refractivity contribution in [3.8, 4) is 16.3 Å². The lowest BCUT2D eigenvalue weighted by Gasteiger charge is -2.14. The van der Waals surface area contributed by atoms with E-state index in [1.54, 1.807) is 11.3 Å². The number of aromatic nitrogens is 1. The van der Waals surface area contributed by atoms with Crippen LogP contribution in [0, 0.1) is 0 Å². The predicted octanol–water partition coefficient (Wildman–Crippen LogP) is 5.48. The molecule has 0 aliphatic carbocycles. The van der Waals surface area contributed by atoms with Crippen LogP contribution < -0.4 is 10.1 Å². The average Bonchev–Trinajstić information content (AvgIpc) is 3.22. The number of hydrogen-bond donors (Lipinski definition) is 1. The van der Waals surface area contributed by atoms with Crippen LogP contribution in [0.15, 0.2) is 78.9 Å². The summed E-state index contributed by atoms with van der Waals surface area (Å²) in [6.45, 7) is 2.03. The molecule has 0 aliphatic rings. The standard InChI is InChI=1S/C25H24N2O2S/c1-18(11-12-19-7-3-2-4-8-19)26-24(28)17-29-21-15-13-20(14-16-21)25-27-22-9-5-6-10-23(22)30-25/h2-10,13-16,18H,11-12,17H2,1H3,(H,26,28)/t18-/m0/s1. The lowest BCUT2D eigenvalue weighted by Crippen LogP contribution is -2.36. The van der Waals surface area contributed by atoms with Crippen LogP contribution in [0.25, 0.3) is 20.8 Å². The van der Waals surface area contributed by atoms with E-state index in [1.165, 1.54) is 10.3 Å². The van der Waals surface area contributed by atoms with Gasteiger partial charge in [-0.2, -0.15) is 0 Å². The van der Waals surface area contributed by atoms with Crippen LogP contribution in [0.2, 0.25) is 0 Å². The zero-order chi connectivity index (χ0) is 20.8. The minimum Gasteiger partial charge on any atom is -0.484 e. The van der Waals surface area contributed by atoms with E-state index in [0.717, 1.165) is 28.9 Å². The highest BCUT2D eigenvalue weighted by Crippen LogP contribution is 2.30. The topological polar surface area (TPSA) is 51.2 Å². The number of carbonyl (C=O) groups is 1. The highest BCUT2D eigenvalue weighted by Gasteiger charge is 2.10. The van der Waals surface area contributed by atoms with Crippen molar-refractivity contribution in [2.75, 3.05) is 6.61 Å². The minimum absolute atomic E-state index is 0.0101. The molecule has 0 saturated carbocycles.